The van der Waals surface area contributed by atoms with Gasteiger partial charge in [-0.3, -0.25) is 4.79 Å². The van der Waals surface area contributed by atoms with Crippen molar-refractivity contribution >= 4 is 39.1 Å². The summed E-state index contributed by atoms with van der Waals surface area (Å²) in [6.45, 7) is 1.93. The third-order valence-corrected chi connectivity index (χ3v) is 3.23. The molecule has 0 saturated heterocycles. The molecule has 0 bridgehead atoms. The maximum absolute atomic E-state index is 13.0. The van der Waals surface area contributed by atoms with Crippen molar-refractivity contribution in [2.75, 3.05) is 5.32 Å². The van der Waals surface area contributed by atoms with Crippen LogP contribution in [0, 0.1) is 12.7 Å². The van der Waals surface area contributed by atoms with Gasteiger partial charge in [-0.05, 0) is 48.9 Å². The highest BCUT2D eigenvalue weighted by atomic mass is 79.9. The Morgan fingerprint density at radius 2 is 2.00 bits per heavy atom. The lowest BCUT2D eigenvalue weighted by Crippen LogP contribution is -2.12. The molecule has 19 heavy (non-hydrogen) atoms. The fourth-order valence-electron chi connectivity index (χ4n) is 1.65. The van der Waals surface area contributed by atoms with Gasteiger partial charge in [0, 0.05) is 15.7 Å². The van der Waals surface area contributed by atoms with E-state index in [0.29, 0.717) is 11.3 Å². The quantitative estimate of drug-likeness (QED) is 0.834. The molecule has 2 aromatic carbocycles. The number of amides is 1. The second-order valence-corrected chi connectivity index (χ2v) is 5.42. The number of rotatable bonds is 2. The molecule has 0 aromatic heterocycles. The maximum atomic E-state index is 13.0. The average Bonchev–Trinajstić information content (AvgIpc) is 2.31. The fourth-order valence-corrected chi connectivity index (χ4v) is 2.44. The van der Waals surface area contributed by atoms with E-state index < -0.39 is 5.82 Å². The van der Waals surface area contributed by atoms with Crippen LogP contribution in [0.1, 0.15) is 15.9 Å². The number of carbonyl (C=O) groups excluding carboxylic acids is 1. The van der Waals surface area contributed by atoms with Crippen LogP contribution in [0.4, 0.5) is 10.1 Å². The maximum Gasteiger partial charge on any atom is 0.255 e. The van der Waals surface area contributed by atoms with E-state index in [9.17, 15) is 9.18 Å². The van der Waals surface area contributed by atoms with Crippen molar-refractivity contribution in [3.63, 3.8) is 0 Å². The normalized spacial score (nSPS) is 10.3. The fraction of sp³-hybridized carbons (Fsp3) is 0.0714. The lowest BCUT2D eigenvalue weighted by atomic mass is 10.2. The molecule has 0 aliphatic carbocycles. The molecule has 0 aliphatic rings. The summed E-state index contributed by atoms with van der Waals surface area (Å²) in [6, 6.07) is 9.43. The van der Waals surface area contributed by atoms with Crippen LogP contribution in [-0.2, 0) is 0 Å². The van der Waals surface area contributed by atoms with Gasteiger partial charge in [0.05, 0.1) is 5.02 Å². The van der Waals surface area contributed by atoms with Gasteiger partial charge in [0.25, 0.3) is 5.91 Å². The van der Waals surface area contributed by atoms with Crippen LogP contribution in [0.2, 0.25) is 5.02 Å². The number of aryl methyl sites for hydroxylation is 1. The monoisotopic (exact) mass is 341 g/mol. The Hall–Kier alpha value is -1.39. The minimum atomic E-state index is -0.545. The van der Waals surface area contributed by atoms with Gasteiger partial charge in [0.1, 0.15) is 5.82 Å². The molecular formula is C14H10BrClFNO. The van der Waals surface area contributed by atoms with Gasteiger partial charge in [-0.1, -0.05) is 27.5 Å². The molecule has 0 radical (unpaired) electrons. The van der Waals surface area contributed by atoms with Gasteiger partial charge in [0.2, 0.25) is 0 Å². The van der Waals surface area contributed by atoms with E-state index >= 15 is 0 Å². The second-order valence-electron chi connectivity index (χ2n) is 4.10. The van der Waals surface area contributed by atoms with E-state index in [0.717, 1.165) is 10.0 Å². The molecule has 0 atom stereocenters. The van der Waals surface area contributed by atoms with Crippen molar-refractivity contribution in [2.24, 2.45) is 0 Å². The summed E-state index contributed by atoms with van der Waals surface area (Å²) in [4.78, 5) is 12.0. The van der Waals surface area contributed by atoms with Crippen LogP contribution in [0.5, 0.6) is 0 Å². The summed E-state index contributed by atoms with van der Waals surface area (Å²) in [5.41, 5.74) is 1.99. The van der Waals surface area contributed by atoms with Crippen molar-refractivity contribution in [1.29, 1.82) is 0 Å². The molecule has 2 aromatic rings. The first-order chi connectivity index (χ1) is 8.95. The third-order valence-electron chi connectivity index (χ3n) is 2.48. The van der Waals surface area contributed by atoms with Crippen LogP contribution in [-0.4, -0.2) is 5.91 Å². The van der Waals surface area contributed by atoms with Gasteiger partial charge in [-0.25, -0.2) is 4.39 Å². The molecule has 0 fully saturated rings. The Bertz CT molecular complexity index is 625. The lowest BCUT2D eigenvalue weighted by Gasteiger charge is -2.07. The van der Waals surface area contributed by atoms with Crippen LogP contribution in [0.3, 0.4) is 0 Å². The summed E-state index contributed by atoms with van der Waals surface area (Å²) < 4.78 is 13.9. The molecule has 5 heteroatoms. The lowest BCUT2D eigenvalue weighted by molar-refractivity contribution is 0.102. The Kier molecular flexibility index (Phi) is 4.22. The van der Waals surface area contributed by atoms with Gasteiger partial charge >= 0.3 is 0 Å². The van der Waals surface area contributed by atoms with Gasteiger partial charge < -0.3 is 5.32 Å². The van der Waals surface area contributed by atoms with E-state index in [2.05, 4.69) is 21.2 Å². The zero-order chi connectivity index (χ0) is 14.0. The topological polar surface area (TPSA) is 29.1 Å². The number of carbonyl (C=O) groups is 1. The van der Waals surface area contributed by atoms with Gasteiger partial charge in [-0.15, -0.1) is 0 Å². The molecule has 1 amide bonds. The summed E-state index contributed by atoms with van der Waals surface area (Å²) in [6.07, 6.45) is 0. The summed E-state index contributed by atoms with van der Waals surface area (Å²) in [5.74, 6) is -0.879. The first-order valence-electron chi connectivity index (χ1n) is 5.49. The summed E-state index contributed by atoms with van der Waals surface area (Å²) >= 11 is 9.01. The van der Waals surface area contributed by atoms with E-state index in [1.165, 1.54) is 18.2 Å². The minimum Gasteiger partial charge on any atom is -0.322 e. The second kappa shape index (κ2) is 5.72. The number of halogens is 3. The highest BCUT2D eigenvalue weighted by Crippen LogP contribution is 2.21. The molecule has 2 nitrogen and oxygen atoms in total. The number of hydrogen-bond donors (Lipinski definition) is 1. The SMILES string of the molecule is Cc1cc(Br)cc(NC(=O)c2ccc(F)c(Cl)c2)c1. The van der Waals surface area contributed by atoms with Crippen molar-refractivity contribution < 1.29 is 9.18 Å². The highest BCUT2D eigenvalue weighted by molar-refractivity contribution is 9.10. The van der Waals surface area contributed by atoms with Crippen molar-refractivity contribution in [2.45, 2.75) is 6.92 Å². The first-order valence-corrected chi connectivity index (χ1v) is 6.66. The molecule has 0 spiro atoms. The molecule has 0 heterocycles. The number of anilines is 1. The van der Waals surface area contributed by atoms with Gasteiger partial charge in [-0.2, -0.15) is 0 Å². The Morgan fingerprint density at radius 1 is 1.26 bits per heavy atom. The van der Waals surface area contributed by atoms with Crippen molar-refractivity contribution in [3.8, 4) is 0 Å². The molecular weight excluding hydrogens is 333 g/mol. The zero-order valence-corrected chi connectivity index (χ0v) is 12.3. The summed E-state index contributed by atoms with van der Waals surface area (Å²) in [5, 5.41) is 2.67. The zero-order valence-electron chi connectivity index (χ0n) is 10.0. The summed E-state index contributed by atoms with van der Waals surface area (Å²) in [7, 11) is 0. The number of benzene rings is 2. The van der Waals surface area contributed by atoms with Gasteiger partial charge in [0.15, 0.2) is 0 Å². The molecule has 0 aliphatic heterocycles. The number of hydrogen-bond acceptors (Lipinski definition) is 1. The standard InChI is InChI=1S/C14H10BrClFNO/c1-8-4-10(15)7-11(5-8)18-14(19)9-2-3-13(17)12(16)6-9/h2-7H,1H3,(H,18,19). The third kappa shape index (κ3) is 3.55. The molecule has 0 saturated carbocycles. The van der Waals surface area contributed by atoms with Crippen LogP contribution in [0.15, 0.2) is 40.9 Å². The van der Waals surface area contributed by atoms with Crippen LogP contribution >= 0.6 is 27.5 Å². The smallest absolute Gasteiger partial charge is 0.255 e. The van der Waals surface area contributed by atoms with E-state index in [-0.39, 0.29) is 10.9 Å². The van der Waals surface area contributed by atoms with E-state index in [4.69, 9.17) is 11.6 Å². The van der Waals surface area contributed by atoms with E-state index in [1.807, 2.05) is 19.1 Å². The highest BCUT2D eigenvalue weighted by Gasteiger charge is 2.09. The van der Waals surface area contributed by atoms with Crippen molar-refractivity contribution in [3.05, 3.63) is 62.8 Å². The number of nitrogens with one attached hydrogen (secondary N) is 1. The molecule has 2 rings (SSSR count). The first kappa shape index (κ1) is 14.0. The Morgan fingerprint density at radius 3 is 2.63 bits per heavy atom. The average molecular weight is 343 g/mol. The Labute approximate surface area is 123 Å². The van der Waals surface area contributed by atoms with Crippen LogP contribution in [0.25, 0.3) is 0 Å². The van der Waals surface area contributed by atoms with E-state index in [1.54, 1.807) is 6.07 Å². The Balaban J connectivity index is 2.22. The predicted molar refractivity (Wildman–Crippen MR) is 78.2 cm³/mol. The molecule has 0 unspecified atom stereocenters. The van der Waals surface area contributed by atoms with Crippen LogP contribution < -0.4 is 5.32 Å². The minimum absolute atomic E-state index is 0.0712. The predicted octanol–water partition coefficient (Wildman–Crippen LogP) is 4.80. The molecule has 98 valence electrons. The van der Waals surface area contributed by atoms with Crippen molar-refractivity contribution in [1.82, 2.24) is 0 Å². The molecule has 1 N–H and O–H groups in total. The largest absolute Gasteiger partial charge is 0.322 e.